The van der Waals surface area contributed by atoms with E-state index in [1.54, 1.807) is 44.7 Å². The van der Waals surface area contributed by atoms with Crippen LogP contribution in [0, 0.1) is 0 Å². The van der Waals surface area contributed by atoms with E-state index in [0.29, 0.717) is 11.4 Å². The van der Waals surface area contributed by atoms with Crippen molar-refractivity contribution in [1.82, 2.24) is 20.1 Å². The molecule has 0 spiro atoms. The monoisotopic (exact) mass is 274 g/mol. The molecule has 7 nitrogen and oxygen atoms in total. The summed E-state index contributed by atoms with van der Waals surface area (Å²) in [5.74, 6) is -0.117. The number of carbonyl (C=O) groups is 2. The summed E-state index contributed by atoms with van der Waals surface area (Å²) in [4.78, 5) is 25.9. The van der Waals surface area contributed by atoms with Gasteiger partial charge in [-0.3, -0.25) is 9.59 Å². The molecule has 0 aromatic carbocycles. The first-order chi connectivity index (χ1) is 9.60. The molecule has 0 bridgehead atoms. The predicted molar refractivity (Wildman–Crippen MR) is 72.0 cm³/mol. The zero-order valence-electron chi connectivity index (χ0n) is 11.1. The van der Waals surface area contributed by atoms with E-state index in [4.69, 9.17) is 9.90 Å². The highest BCUT2D eigenvalue weighted by atomic mass is 16.3. The molecule has 104 valence electrons. The van der Waals surface area contributed by atoms with E-state index in [0.717, 1.165) is 5.56 Å². The van der Waals surface area contributed by atoms with Gasteiger partial charge in [0.25, 0.3) is 12.4 Å². The summed E-state index contributed by atoms with van der Waals surface area (Å²) in [6.45, 7) is -0.250. The van der Waals surface area contributed by atoms with Crippen molar-refractivity contribution in [1.29, 1.82) is 0 Å². The van der Waals surface area contributed by atoms with E-state index in [1.165, 1.54) is 4.90 Å². The Bertz CT molecular complexity index is 573. The van der Waals surface area contributed by atoms with E-state index in [-0.39, 0.29) is 12.4 Å². The summed E-state index contributed by atoms with van der Waals surface area (Å²) >= 11 is 0. The number of hydrogen-bond donors (Lipinski definition) is 1. The van der Waals surface area contributed by atoms with Gasteiger partial charge in [-0.15, -0.1) is 0 Å². The van der Waals surface area contributed by atoms with E-state index in [1.807, 2.05) is 6.07 Å². The fraction of sp³-hybridized carbons (Fsp3) is 0.154. The molecule has 7 heteroatoms. The van der Waals surface area contributed by atoms with Gasteiger partial charge in [0.1, 0.15) is 5.69 Å². The van der Waals surface area contributed by atoms with Gasteiger partial charge < -0.3 is 10.0 Å². The molecule has 1 amide bonds. The zero-order valence-corrected chi connectivity index (χ0v) is 11.1. The van der Waals surface area contributed by atoms with Crippen LogP contribution in [0.15, 0.2) is 36.7 Å². The second kappa shape index (κ2) is 7.57. The van der Waals surface area contributed by atoms with Gasteiger partial charge in [0.15, 0.2) is 0 Å². The number of nitrogens with zero attached hydrogens (tertiary/aromatic N) is 4. The topological polar surface area (TPSA) is 96.3 Å². The molecule has 2 aromatic rings. The second-order valence-corrected chi connectivity index (χ2v) is 3.84. The van der Waals surface area contributed by atoms with E-state index in [2.05, 4.69) is 15.2 Å². The number of hydrogen-bond acceptors (Lipinski definition) is 5. The van der Waals surface area contributed by atoms with Gasteiger partial charge in [-0.05, 0) is 18.2 Å². The Labute approximate surface area is 115 Å². The molecule has 0 saturated heterocycles. The molecule has 2 heterocycles. The van der Waals surface area contributed by atoms with Crippen LogP contribution in [-0.2, 0) is 4.79 Å². The highest BCUT2D eigenvalue weighted by molar-refractivity contribution is 5.92. The van der Waals surface area contributed by atoms with Gasteiger partial charge >= 0.3 is 0 Å². The van der Waals surface area contributed by atoms with Crippen molar-refractivity contribution in [3.8, 4) is 11.3 Å². The molecular formula is C13H14N4O3. The van der Waals surface area contributed by atoms with Gasteiger partial charge in [-0.2, -0.15) is 10.2 Å². The molecule has 0 fully saturated rings. The molecule has 0 aliphatic rings. The maximum absolute atomic E-state index is 11.8. The molecular weight excluding hydrogens is 260 g/mol. The lowest BCUT2D eigenvalue weighted by Crippen LogP contribution is -2.22. The highest BCUT2D eigenvalue weighted by Crippen LogP contribution is 2.15. The predicted octanol–water partition coefficient (Wildman–Crippen LogP) is 0.941. The molecule has 0 aliphatic heterocycles. The number of carbonyl (C=O) groups excluding carboxylic acids is 1. The third kappa shape index (κ3) is 4.13. The summed E-state index contributed by atoms with van der Waals surface area (Å²) < 4.78 is 0. The van der Waals surface area contributed by atoms with Crippen molar-refractivity contribution < 1.29 is 14.7 Å². The first kappa shape index (κ1) is 15.2. The lowest BCUT2D eigenvalue weighted by atomic mass is 10.2. The number of aromatic nitrogens is 3. The molecule has 2 aromatic heterocycles. The van der Waals surface area contributed by atoms with Crippen LogP contribution >= 0.6 is 0 Å². The lowest BCUT2D eigenvalue weighted by Gasteiger charge is -2.10. The average molecular weight is 274 g/mol. The maximum Gasteiger partial charge on any atom is 0.290 e. The fourth-order valence-corrected chi connectivity index (χ4v) is 1.39. The standard InChI is InChI=1S/C12H12N4O.CH2O2/c1-16(2)12(17)11-5-3-4-10(15-11)9-6-7-13-14-8-9;2-1-3/h3-8H,1-2H3;1H,(H,2,3). The fourth-order valence-electron chi connectivity index (χ4n) is 1.39. The minimum Gasteiger partial charge on any atom is -0.483 e. The normalized spacial score (nSPS) is 9.10. The van der Waals surface area contributed by atoms with E-state index < -0.39 is 0 Å². The van der Waals surface area contributed by atoms with Crippen LogP contribution in [0.1, 0.15) is 10.5 Å². The van der Waals surface area contributed by atoms with Crippen molar-refractivity contribution in [2.45, 2.75) is 0 Å². The molecule has 2 rings (SSSR count). The lowest BCUT2D eigenvalue weighted by molar-refractivity contribution is -0.122. The summed E-state index contributed by atoms with van der Waals surface area (Å²) in [6.07, 6.45) is 3.21. The Kier molecular flexibility index (Phi) is 5.76. The molecule has 0 saturated carbocycles. The van der Waals surface area contributed by atoms with Gasteiger partial charge in [0.2, 0.25) is 0 Å². The Morgan fingerprint density at radius 3 is 2.50 bits per heavy atom. The van der Waals surface area contributed by atoms with Crippen molar-refractivity contribution in [3.05, 3.63) is 42.4 Å². The first-order valence-corrected chi connectivity index (χ1v) is 5.63. The summed E-state index contributed by atoms with van der Waals surface area (Å²) in [5.41, 5.74) is 1.98. The molecule has 0 atom stereocenters. The maximum atomic E-state index is 11.8. The largest absolute Gasteiger partial charge is 0.483 e. The van der Waals surface area contributed by atoms with Crippen LogP contribution in [0.3, 0.4) is 0 Å². The Morgan fingerprint density at radius 1 is 1.25 bits per heavy atom. The van der Waals surface area contributed by atoms with Crippen LogP contribution in [0.2, 0.25) is 0 Å². The molecule has 20 heavy (non-hydrogen) atoms. The van der Waals surface area contributed by atoms with Crippen molar-refractivity contribution in [3.63, 3.8) is 0 Å². The number of amides is 1. The average Bonchev–Trinajstić information content (AvgIpc) is 2.48. The number of carboxylic acid groups (broad SMARTS) is 1. The zero-order chi connectivity index (χ0) is 15.0. The van der Waals surface area contributed by atoms with Crippen molar-refractivity contribution in [2.24, 2.45) is 0 Å². The Hall–Kier alpha value is -2.83. The molecule has 1 N–H and O–H groups in total. The van der Waals surface area contributed by atoms with Gasteiger partial charge in [-0.25, -0.2) is 4.98 Å². The summed E-state index contributed by atoms with van der Waals surface area (Å²) in [6, 6.07) is 7.14. The first-order valence-electron chi connectivity index (χ1n) is 5.63. The molecule has 0 unspecified atom stereocenters. The Morgan fingerprint density at radius 2 is 1.95 bits per heavy atom. The summed E-state index contributed by atoms with van der Waals surface area (Å²) in [5, 5.41) is 14.4. The van der Waals surface area contributed by atoms with E-state index in [9.17, 15) is 4.79 Å². The third-order valence-electron chi connectivity index (χ3n) is 2.25. The van der Waals surface area contributed by atoms with Crippen LogP contribution in [-0.4, -0.2) is 51.7 Å². The smallest absolute Gasteiger partial charge is 0.290 e. The molecule has 0 radical (unpaired) electrons. The summed E-state index contributed by atoms with van der Waals surface area (Å²) in [7, 11) is 3.40. The van der Waals surface area contributed by atoms with Crippen LogP contribution in [0.5, 0.6) is 0 Å². The van der Waals surface area contributed by atoms with Crippen molar-refractivity contribution >= 4 is 12.4 Å². The third-order valence-corrected chi connectivity index (χ3v) is 2.25. The molecule has 0 aliphatic carbocycles. The van der Waals surface area contributed by atoms with Gasteiger partial charge in [0.05, 0.1) is 18.1 Å². The minimum atomic E-state index is -0.250. The highest BCUT2D eigenvalue weighted by Gasteiger charge is 2.10. The van der Waals surface area contributed by atoms with Crippen LogP contribution in [0.4, 0.5) is 0 Å². The minimum absolute atomic E-state index is 0.117. The number of pyridine rings is 1. The second-order valence-electron chi connectivity index (χ2n) is 3.84. The van der Waals surface area contributed by atoms with Crippen LogP contribution < -0.4 is 0 Å². The van der Waals surface area contributed by atoms with Crippen LogP contribution in [0.25, 0.3) is 11.3 Å². The van der Waals surface area contributed by atoms with Gasteiger partial charge in [0, 0.05) is 19.7 Å². The van der Waals surface area contributed by atoms with E-state index >= 15 is 0 Å². The Balaban J connectivity index is 0.000000612. The van der Waals surface area contributed by atoms with Gasteiger partial charge in [-0.1, -0.05) is 6.07 Å². The number of rotatable bonds is 2. The van der Waals surface area contributed by atoms with Crippen molar-refractivity contribution in [2.75, 3.05) is 14.1 Å². The SMILES string of the molecule is CN(C)C(=O)c1cccc(-c2ccnnc2)n1.O=CO. The quantitative estimate of drug-likeness (QED) is 0.819.